The molecule has 4 rings (SSSR count). The molecule has 3 nitrogen and oxygen atoms in total. The molecule has 0 aliphatic carbocycles. The van der Waals surface area contributed by atoms with Crippen molar-refractivity contribution in [3.05, 3.63) is 90.5 Å². The number of ether oxygens (including phenoxy) is 1. The molecule has 0 N–H and O–H groups in total. The predicted molar refractivity (Wildman–Crippen MR) is 126 cm³/mol. The van der Waals surface area contributed by atoms with Crippen molar-refractivity contribution in [1.29, 1.82) is 0 Å². The van der Waals surface area contributed by atoms with Crippen LogP contribution in [0.2, 0.25) is 18.6 Å². The van der Waals surface area contributed by atoms with E-state index in [1.807, 2.05) is 35.2 Å². The van der Waals surface area contributed by atoms with E-state index in [-0.39, 0.29) is 17.9 Å². The van der Waals surface area contributed by atoms with Crippen LogP contribution in [-0.4, -0.2) is 21.1 Å². The molecule has 1 heterocycles. The summed E-state index contributed by atoms with van der Waals surface area (Å²) in [5, 5.41) is 1.40. The number of hydrogen-bond acceptors (Lipinski definition) is 2. The van der Waals surface area contributed by atoms with Gasteiger partial charge in [0.2, 0.25) is 5.91 Å². The Balaban J connectivity index is 1.71. The van der Waals surface area contributed by atoms with Crippen molar-refractivity contribution in [2.75, 3.05) is 12.0 Å². The summed E-state index contributed by atoms with van der Waals surface area (Å²) in [4.78, 5) is 15.5. The first kappa shape index (κ1) is 20.4. The summed E-state index contributed by atoms with van der Waals surface area (Å²) in [7, 11) is -0.188. The SMILES string of the molecule is COc1ccc(N2C(=O)[C@@H]([C@@H](C)[Si](C)(C)c3ccccc3)[C@H]2c2ccccc2)cc1. The fraction of sp³-hybridized carbons (Fsp3) is 0.269. The van der Waals surface area contributed by atoms with Crippen LogP contribution in [0.5, 0.6) is 5.75 Å². The van der Waals surface area contributed by atoms with E-state index in [2.05, 4.69) is 74.6 Å². The van der Waals surface area contributed by atoms with E-state index in [1.165, 1.54) is 10.8 Å². The number of amides is 1. The summed E-state index contributed by atoms with van der Waals surface area (Å²) in [5.41, 5.74) is 2.44. The molecule has 3 aromatic rings. The quantitative estimate of drug-likeness (QED) is 0.398. The Morgan fingerprint density at radius 3 is 2.00 bits per heavy atom. The van der Waals surface area contributed by atoms with E-state index in [4.69, 9.17) is 4.74 Å². The molecule has 0 spiro atoms. The highest BCUT2D eigenvalue weighted by molar-refractivity contribution is 6.91. The zero-order valence-electron chi connectivity index (χ0n) is 18.1. The zero-order chi connectivity index (χ0) is 21.3. The maximum absolute atomic E-state index is 13.5. The van der Waals surface area contributed by atoms with Crippen LogP contribution < -0.4 is 14.8 Å². The molecule has 0 radical (unpaired) electrons. The van der Waals surface area contributed by atoms with Gasteiger partial charge in [0, 0.05) is 5.69 Å². The molecule has 1 aliphatic rings. The van der Waals surface area contributed by atoms with Crippen molar-refractivity contribution in [3.8, 4) is 5.75 Å². The normalized spacial score (nSPS) is 19.9. The first-order valence-corrected chi connectivity index (χ1v) is 13.6. The lowest BCUT2D eigenvalue weighted by atomic mass is 9.79. The standard InChI is InChI=1S/C26H29NO2Si/c1-19(30(3,4)23-13-9-6-10-14-23)24-25(20-11-7-5-8-12-20)27(26(24)28)21-15-17-22(29-2)18-16-21/h5-19,24-25H,1-4H3/t19-,24+,25-/m1/s1. The molecule has 1 fully saturated rings. The van der Waals surface area contributed by atoms with Crippen LogP contribution in [0.25, 0.3) is 0 Å². The third kappa shape index (κ3) is 3.45. The van der Waals surface area contributed by atoms with Crippen molar-refractivity contribution in [2.24, 2.45) is 5.92 Å². The van der Waals surface area contributed by atoms with Gasteiger partial charge in [0.05, 0.1) is 27.1 Å². The number of rotatable bonds is 6. The van der Waals surface area contributed by atoms with Gasteiger partial charge in [0.1, 0.15) is 5.75 Å². The molecule has 0 saturated carbocycles. The van der Waals surface area contributed by atoms with Crippen molar-refractivity contribution in [1.82, 2.24) is 0 Å². The Kier molecular flexibility index (Phi) is 5.52. The second-order valence-corrected chi connectivity index (χ2v) is 13.6. The Bertz CT molecular complexity index is 1000. The first-order chi connectivity index (χ1) is 14.4. The molecule has 1 saturated heterocycles. The Labute approximate surface area is 180 Å². The molecule has 0 unspecified atom stereocenters. The van der Waals surface area contributed by atoms with Crippen LogP contribution >= 0.6 is 0 Å². The van der Waals surface area contributed by atoms with Crippen LogP contribution in [0.3, 0.4) is 0 Å². The highest BCUT2D eigenvalue weighted by Gasteiger charge is 2.54. The zero-order valence-corrected chi connectivity index (χ0v) is 19.1. The van der Waals surface area contributed by atoms with E-state index >= 15 is 0 Å². The van der Waals surface area contributed by atoms with Crippen molar-refractivity contribution < 1.29 is 9.53 Å². The van der Waals surface area contributed by atoms with Crippen LogP contribution in [0.4, 0.5) is 5.69 Å². The van der Waals surface area contributed by atoms with E-state index < -0.39 is 8.07 Å². The van der Waals surface area contributed by atoms with Gasteiger partial charge in [-0.1, -0.05) is 85.9 Å². The molecular formula is C26H29NO2Si. The molecule has 4 heteroatoms. The minimum absolute atomic E-state index is 0.0172. The summed E-state index contributed by atoms with van der Waals surface area (Å²) in [6.07, 6.45) is 0. The summed E-state index contributed by atoms with van der Waals surface area (Å²) in [6.45, 7) is 7.06. The number of benzene rings is 3. The first-order valence-electron chi connectivity index (χ1n) is 10.5. The number of nitrogens with zero attached hydrogens (tertiary/aromatic N) is 1. The monoisotopic (exact) mass is 415 g/mol. The van der Waals surface area contributed by atoms with Gasteiger partial charge in [-0.15, -0.1) is 0 Å². The van der Waals surface area contributed by atoms with Gasteiger partial charge in [0.15, 0.2) is 0 Å². The van der Waals surface area contributed by atoms with E-state index in [9.17, 15) is 4.79 Å². The molecule has 0 bridgehead atoms. The van der Waals surface area contributed by atoms with Crippen LogP contribution in [0, 0.1) is 5.92 Å². The van der Waals surface area contributed by atoms with Crippen molar-refractivity contribution in [3.63, 3.8) is 0 Å². The van der Waals surface area contributed by atoms with E-state index in [1.54, 1.807) is 7.11 Å². The van der Waals surface area contributed by atoms with Crippen molar-refractivity contribution >= 4 is 24.9 Å². The predicted octanol–water partition coefficient (Wildman–Crippen LogP) is 5.41. The molecule has 3 atom stereocenters. The van der Waals surface area contributed by atoms with E-state index in [0.29, 0.717) is 5.54 Å². The smallest absolute Gasteiger partial charge is 0.233 e. The fourth-order valence-corrected chi connectivity index (χ4v) is 7.42. The minimum Gasteiger partial charge on any atom is -0.497 e. The summed E-state index contributed by atoms with van der Waals surface area (Å²) < 4.78 is 5.29. The number of carbonyl (C=O) groups is 1. The number of β-lactam (4-membered cyclic amide) rings is 1. The summed E-state index contributed by atoms with van der Waals surface area (Å²) in [6, 6.07) is 29.0. The highest BCUT2D eigenvalue weighted by Crippen LogP contribution is 2.51. The fourth-order valence-electron chi connectivity index (χ4n) is 4.62. The van der Waals surface area contributed by atoms with Crippen molar-refractivity contribution in [2.45, 2.75) is 31.6 Å². The third-order valence-electron chi connectivity index (χ3n) is 6.83. The number of carbonyl (C=O) groups excluding carboxylic acids is 1. The molecule has 0 aromatic heterocycles. The minimum atomic E-state index is -1.84. The number of hydrogen-bond donors (Lipinski definition) is 0. The molecular weight excluding hydrogens is 386 g/mol. The third-order valence-corrected chi connectivity index (χ3v) is 11.3. The molecule has 3 aromatic carbocycles. The maximum Gasteiger partial charge on any atom is 0.233 e. The van der Waals surface area contributed by atoms with Gasteiger partial charge in [-0.3, -0.25) is 4.79 Å². The molecule has 1 amide bonds. The lowest BCUT2D eigenvalue weighted by molar-refractivity contribution is -0.130. The molecule has 154 valence electrons. The Morgan fingerprint density at radius 2 is 1.43 bits per heavy atom. The van der Waals surface area contributed by atoms with Crippen LogP contribution in [0.1, 0.15) is 18.5 Å². The molecule has 1 aliphatic heterocycles. The molecule has 30 heavy (non-hydrogen) atoms. The van der Waals surface area contributed by atoms with Gasteiger partial charge >= 0.3 is 0 Å². The summed E-state index contributed by atoms with van der Waals surface area (Å²) >= 11 is 0. The van der Waals surface area contributed by atoms with Crippen LogP contribution in [0.15, 0.2) is 84.9 Å². The van der Waals surface area contributed by atoms with Gasteiger partial charge in [-0.25, -0.2) is 0 Å². The Morgan fingerprint density at radius 1 is 0.867 bits per heavy atom. The van der Waals surface area contributed by atoms with E-state index in [0.717, 1.165) is 11.4 Å². The van der Waals surface area contributed by atoms with Gasteiger partial charge in [0.25, 0.3) is 0 Å². The summed E-state index contributed by atoms with van der Waals surface area (Å²) in [5.74, 6) is 1.000. The van der Waals surface area contributed by atoms with Crippen LogP contribution in [-0.2, 0) is 4.79 Å². The topological polar surface area (TPSA) is 29.5 Å². The maximum atomic E-state index is 13.5. The lowest BCUT2D eigenvalue weighted by Crippen LogP contribution is -2.61. The second-order valence-electron chi connectivity index (χ2n) is 8.66. The Hall–Kier alpha value is -2.85. The average Bonchev–Trinajstić information content (AvgIpc) is 2.79. The van der Waals surface area contributed by atoms with Gasteiger partial charge in [-0.2, -0.15) is 0 Å². The number of methoxy groups -OCH3 is 1. The second kappa shape index (κ2) is 8.11. The van der Waals surface area contributed by atoms with Gasteiger partial charge < -0.3 is 9.64 Å². The largest absolute Gasteiger partial charge is 0.497 e. The number of anilines is 1. The highest BCUT2D eigenvalue weighted by atomic mass is 28.3. The lowest BCUT2D eigenvalue weighted by Gasteiger charge is -2.52. The van der Waals surface area contributed by atoms with Gasteiger partial charge in [-0.05, 0) is 35.4 Å². The average molecular weight is 416 g/mol.